The van der Waals surface area contributed by atoms with Crippen molar-refractivity contribution in [3.05, 3.63) is 72.3 Å². The highest BCUT2D eigenvalue weighted by atomic mass is 32.1. The molecule has 0 aliphatic carbocycles. The van der Waals surface area contributed by atoms with Crippen LogP contribution in [0.5, 0.6) is 5.75 Å². The highest BCUT2D eigenvalue weighted by Crippen LogP contribution is 2.15. The first-order chi connectivity index (χ1) is 12.7. The largest absolute Gasteiger partial charge is 0.497 e. The molecule has 0 saturated heterocycles. The predicted octanol–water partition coefficient (Wildman–Crippen LogP) is 3.00. The molecule has 0 fully saturated rings. The Hall–Kier alpha value is -2.93. The zero-order valence-electron chi connectivity index (χ0n) is 14.7. The lowest BCUT2D eigenvalue weighted by atomic mass is 10.1. The number of benzene rings is 2. The van der Waals surface area contributed by atoms with E-state index in [1.165, 1.54) is 6.33 Å². The zero-order chi connectivity index (χ0) is 18.4. The van der Waals surface area contributed by atoms with Crippen molar-refractivity contribution >= 4 is 17.3 Å². The summed E-state index contributed by atoms with van der Waals surface area (Å²) >= 11 is 5.40. The van der Waals surface area contributed by atoms with Gasteiger partial charge in [0.2, 0.25) is 0 Å². The van der Waals surface area contributed by atoms with Crippen LogP contribution < -0.4 is 15.4 Å². The molecule has 1 heterocycles. The fourth-order valence-corrected chi connectivity index (χ4v) is 2.76. The van der Waals surface area contributed by atoms with E-state index >= 15 is 0 Å². The summed E-state index contributed by atoms with van der Waals surface area (Å²) in [5, 5.41) is 11.3. The summed E-state index contributed by atoms with van der Waals surface area (Å²) in [4.78, 5) is 3.96. The van der Waals surface area contributed by atoms with Crippen molar-refractivity contribution < 1.29 is 4.74 Å². The Kier molecular flexibility index (Phi) is 5.80. The first-order valence-electron chi connectivity index (χ1n) is 8.28. The van der Waals surface area contributed by atoms with Crippen LogP contribution in [0.15, 0.2) is 61.2 Å². The zero-order valence-corrected chi connectivity index (χ0v) is 15.5. The number of methoxy groups -OCH3 is 1. The quantitative estimate of drug-likeness (QED) is 0.653. The molecule has 2 aromatic carbocycles. The third-order valence-electron chi connectivity index (χ3n) is 4.04. The van der Waals surface area contributed by atoms with Gasteiger partial charge in [-0.15, -0.1) is 0 Å². The molecular weight excluding hydrogens is 346 g/mol. The maximum atomic E-state index is 5.40. The predicted molar refractivity (Wildman–Crippen MR) is 105 cm³/mol. The molecule has 3 aromatic rings. The molecule has 0 aliphatic rings. The van der Waals surface area contributed by atoms with E-state index in [1.54, 1.807) is 18.1 Å². The van der Waals surface area contributed by atoms with Gasteiger partial charge >= 0.3 is 0 Å². The van der Waals surface area contributed by atoms with E-state index in [4.69, 9.17) is 17.0 Å². The molecule has 2 N–H and O–H groups in total. The lowest BCUT2D eigenvalue weighted by Gasteiger charge is -2.18. The van der Waals surface area contributed by atoms with Gasteiger partial charge in [-0.25, -0.2) is 9.67 Å². The van der Waals surface area contributed by atoms with Crippen molar-refractivity contribution in [3.8, 4) is 11.4 Å². The number of ether oxygens (including phenoxy) is 1. The molecule has 7 heteroatoms. The second-order valence-corrected chi connectivity index (χ2v) is 6.24. The Morgan fingerprint density at radius 3 is 2.50 bits per heavy atom. The number of nitrogens with zero attached hydrogens (tertiary/aromatic N) is 3. The molecule has 0 unspecified atom stereocenters. The molecule has 0 bridgehead atoms. The fraction of sp³-hybridized carbons (Fsp3) is 0.211. The monoisotopic (exact) mass is 367 g/mol. The van der Waals surface area contributed by atoms with Crippen LogP contribution in [0.1, 0.15) is 24.1 Å². The van der Waals surface area contributed by atoms with Crippen LogP contribution in [0.4, 0.5) is 0 Å². The number of nitrogens with one attached hydrogen (secondary N) is 2. The van der Waals surface area contributed by atoms with Crippen LogP contribution in [0, 0.1) is 0 Å². The van der Waals surface area contributed by atoms with E-state index in [0.29, 0.717) is 11.7 Å². The van der Waals surface area contributed by atoms with E-state index in [-0.39, 0.29) is 6.04 Å². The van der Waals surface area contributed by atoms with Crippen LogP contribution in [0.2, 0.25) is 0 Å². The summed E-state index contributed by atoms with van der Waals surface area (Å²) in [7, 11) is 1.66. The second-order valence-electron chi connectivity index (χ2n) is 5.83. The molecular formula is C19H21N5OS. The van der Waals surface area contributed by atoms with Gasteiger partial charge in [0.25, 0.3) is 0 Å². The summed E-state index contributed by atoms with van der Waals surface area (Å²) in [6.45, 7) is 2.74. The van der Waals surface area contributed by atoms with Gasteiger partial charge in [-0.3, -0.25) is 0 Å². The number of hydrogen-bond acceptors (Lipinski definition) is 4. The van der Waals surface area contributed by atoms with Crippen LogP contribution in [0.25, 0.3) is 5.69 Å². The van der Waals surface area contributed by atoms with Crippen molar-refractivity contribution in [2.45, 2.75) is 19.5 Å². The van der Waals surface area contributed by atoms with Gasteiger partial charge in [-0.2, -0.15) is 5.10 Å². The minimum absolute atomic E-state index is 0.0932. The maximum absolute atomic E-state index is 5.40. The molecule has 1 aromatic heterocycles. The minimum atomic E-state index is 0.0932. The lowest BCUT2D eigenvalue weighted by Crippen LogP contribution is -2.36. The van der Waals surface area contributed by atoms with Crippen LogP contribution >= 0.6 is 12.2 Å². The smallest absolute Gasteiger partial charge is 0.167 e. The van der Waals surface area contributed by atoms with E-state index in [2.05, 4.69) is 39.8 Å². The molecule has 0 saturated carbocycles. The van der Waals surface area contributed by atoms with Crippen LogP contribution in [-0.4, -0.2) is 27.0 Å². The number of aromatic nitrogens is 3. The molecule has 134 valence electrons. The van der Waals surface area contributed by atoms with Gasteiger partial charge in [-0.05, 0) is 54.5 Å². The van der Waals surface area contributed by atoms with Crippen molar-refractivity contribution in [2.75, 3.05) is 7.11 Å². The molecule has 6 nitrogen and oxygen atoms in total. The average Bonchev–Trinajstić information content (AvgIpc) is 3.21. The Labute approximate surface area is 158 Å². The number of hydrogen-bond donors (Lipinski definition) is 2. The highest BCUT2D eigenvalue weighted by molar-refractivity contribution is 7.80. The van der Waals surface area contributed by atoms with Crippen molar-refractivity contribution in [2.24, 2.45) is 0 Å². The minimum Gasteiger partial charge on any atom is -0.497 e. The molecule has 26 heavy (non-hydrogen) atoms. The average molecular weight is 367 g/mol. The fourth-order valence-electron chi connectivity index (χ4n) is 2.51. The Bertz CT molecular complexity index is 831. The van der Waals surface area contributed by atoms with Crippen molar-refractivity contribution in [3.63, 3.8) is 0 Å². The van der Waals surface area contributed by atoms with Crippen LogP contribution in [0.3, 0.4) is 0 Å². The SMILES string of the molecule is COc1ccc(CNC(=S)N[C@@H](C)c2ccc(-n3cncn3)cc2)cc1. The molecule has 0 aliphatic heterocycles. The normalized spacial score (nSPS) is 11.6. The van der Waals surface area contributed by atoms with Gasteiger partial charge in [0, 0.05) is 6.54 Å². The summed E-state index contributed by atoms with van der Waals surface area (Å²) < 4.78 is 6.89. The number of rotatable bonds is 6. The first kappa shape index (κ1) is 17.9. The van der Waals surface area contributed by atoms with Gasteiger partial charge < -0.3 is 15.4 Å². The van der Waals surface area contributed by atoms with E-state index in [1.807, 2.05) is 36.4 Å². The molecule has 0 spiro atoms. The van der Waals surface area contributed by atoms with Gasteiger partial charge in [-0.1, -0.05) is 24.3 Å². The van der Waals surface area contributed by atoms with E-state index < -0.39 is 0 Å². The highest BCUT2D eigenvalue weighted by Gasteiger charge is 2.07. The van der Waals surface area contributed by atoms with Gasteiger partial charge in [0.1, 0.15) is 18.4 Å². The lowest BCUT2D eigenvalue weighted by molar-refractivity contribution is 0.414. The third-order valence-corrected chi connectivity index (χ3v) is 4.30. The Morgan fingerprint density at radius 2 is 1.88 bits per heavy atom. The topological polar surface area (TPSA) is 64.0 Å². The number of thiocarbonyl (C=S) groups is 1. The van der Waals surface area contributed by atoms with E-state index in [0.717, 1.165) is 22.6 Å². The van der Waals surface area contributed by atoms with Crippen molar-refractivity contribution in [1.29, 1.82) is 0 Å². The van der Waals surface area contributed by atoms with Crippen LogP contribution in [-0.2, 0) is 6.54 Å². The standard InChI is InChI=1S/C19H21N5OS/c1-14(16-5-7-17(8-6-16)24-13-20-12-22-24)23-19(26)21-11-15-3-9-18(25-2)10-4-15/h3-10,12-14H,11H2,1-2H3,(H2,21,23,26)/t14-/m0/s1. The molecule has 0 amide bonds. The third kappa shape index (κ3) is 4.58. The van der Waals surface area contributed by atoms with E-state index in [9.17, 15) is 0 Å². The maximum Gasteiger partial charge on any atom is 0.167 e. The Balaban J connectivity index is 1.51. The summed E-state index contributed by atoms with van der Waals surface area (Å²) in [5.41, 5.74) is 3.25. The van der Waals surface area contributed by atoms with Crippen molar-refractivity contribution in [1.82, 2.24) is 25.4 Å². The van der Waals surface area contributed by atoms with Gasteiger partial charge in [0.15, 0.2) is 5.11 Å². The molecule has 1 atom stereocenters. The molecule has 3 rings (SSSR count). The summed E-state index contributed by atoms with van der Waals surface area (Å²) in [6, 6.07) is 16.1. The molecule has 0 radical (unpaired) electrons. The summed E-state index contributed by atoms with van der Waals surface area (Å²) in [5.74, 6) is 0.845. The Morgan fingerprint density at radius 1 is 1.15 bits per heavy atom. The van der Waals surface area contributed by atoms with Gasteiger partial charge in [0.05, 0.1) is 18.8 Å². The second kappa shape index (κ2) is 8.44. The first-order valence-corrected chi connectivity index (χ1v) is 8.69. The summed E-state index contributed by atoms with van der Waals surface area (Å²) in [6.07, 6.45) is 3.19.